The number of nitrogens with zero attached hydrogens (tertiary/aromatic N) is 1. The molecule has 2 aromatic rings. The number of hydrogen-bond acceptors (Lipinski definition) is 2. The fraction of sp³-hybridized carbons (Fsp3) is 0.440. The average Bonchev–Trinajstić information content (AvgIpc) is 2.72. The number of nitrogens with one attached hydrogen (secondary N) is 1. The van der Waals surface area contributed by atoms with E-state index in [2.05, 4.69) is 50.4 Å². The second kappa shape index (κ2) is 10.4. The van der Waals surface area contributed by atoms with Crippen LogP contribution in [0.4, 0.5) is 4.39 Å². The molecule has 0 heterocycles. The van der Waals surface area contributed by atoms with Gasteiger partial charge in [-0.2, -0.15) is 0 Å². The van der Waals surface area contributed by atoms with Gasteiger partial charge in [0.25, 0.3) is 0 Å². The lowest BCUT2D eigenvalue weighted by molar-refractivity contribution is -0.141. The highest BCUT2D eigenvalue weighted by Crippen LogP contribution is 2.23. The molecule has 0 fully saturated rings. The van der Waals surface area contributed by atoms with Crippen LogP contribution < -0.4 is 5.32 Å². The van der Waals surface area contributed by atoms with Crippen LogP contribution in [0.2, 0.25) is 0 Å². The van der Waals surface area contributed by atoms with E-state index in [1.54, 1.807) is 24.1 Å². The van der Waals surface area contributed by atoms with E-state index in [1.165, 1.54) is 17.7 Å². The topological polar surface area (TPSA) is 49.4 Å². The van der Waals surface area contributed by atoms with Crippen LogP contribution in [0, 0.1) is 5.82 Å². The smallest absolute Gasteiger partial charge is 0.242 e. The van der Waals surface area contributed by atoms with Crippen LogP contribution in [0.5, 0.6) is 0 Å². The van der Waals surface area contributed by atoms with E-state index in [0.29, 0.717) is 19.3 Å². The standard InChI is InChI=1S/C25H33FN2O2/c1-6-22(24(30)27-5)28(17-19-9-14-21(26)15-10-19)23(29)16-11-18-7-12-20(13-8-18)25(2,3)4/h7-10,12-15,22H,6,11,16-17H2,1-5H3,(H,27,30). The van der Waals surface area contributed by atoms with Crippen LogP contribution in [0.3, 0.4) is 0 Å². The summed E-state index contributed by atoms with van der Waals surface area (Å²) >= 11 is 0. The van der Waals surface area contributed by atoms with Crippen molar-refractivity contribution in [1.82, 2.24) is 10.2 Å². The van der Waals surface area contributed by atoms with E-state index in [9.17, 15) is 14.0 Å². The van der Waals surface area contributed by atoms with Gasteiger partial charge in [-0.3, -0.25) is 9.59 Å². The summed E-state index contributed by atoms with van der Waals surface area (Å²) in [4.78, 5) is 27.1. The molecule has 162 valence electrons. The Morgan fingerprint density at radius 2 is 1.57 bits per heavy atom. The number of aryl methyl sites for hydroxylation is 1. The zero-order valence-electron chi connectivity index (χ0n) is 18.7. The molecule has 4 nitrogen and oxygen atoms in total. The van der Waals surface area contributed by atoms with E-state index < -0.39 is 6.04 Å². The Balaban J connectivity index is 2.14. The Morgan fingerprint density at radius 1 is 1.00 bits per heavy atom. The average molecular weight is 413 g/mol. The van der Waals surface area contributed by atoms with Crippen LogP contribution >= 0.6 is 0 Å². The van der Waals surface area contributed by atoms with E-state index in [0.717, 1.165) is 11.1 Å². The minimum absolute atomic E-state index is 0.0855. The maximum atomic E-state index is 13.3. The predicted molar refractivity (Wildman–Crippen MR) is 119 cm³/mol. The minimum Gasteiger partial charge on any atom is -0.357 e. The minimum atomic E-state index is -0.559. The number of rotatable bonds is 8. The molecule has 1 unspecified atom stereocenters. The summed E-state index contributed by atoms with van der Waals surface area (Å²) in [5.41, 5.74) is 3.22. The molecule has 1 N–H and O–H groups in total. The summed E-state index contributed by atoms with van der Waals surface area (Å²) in [5, 5.41) is 2.65. The highest BCUT2D eigenvalue weighted by molar-refractivity contribution is 5.87. The molecule has 0 spiro atoms. The third-order valence-corrected chi connectivity index (χ3v) is 5.35. The number of carbonyl (C=O) groups excluding carboxylic acids is 2. The van der Waals surface area contributed by atoms with Gasteiger partial charge in [-0.05, 0) is 47.1 Å². The first kappa shape index (κ1) is 23.6. The first-order chi connectivity index (χ1) is 14.2. The van der Waals surface area contributed by atoms with E-state index in [-0.39, 0.29) is 29.6 Å². The van der Waals surface area contributed by atoms with Crippen molar-refractivity contribution in [3.63, 3.8) is 0 Å². The van der Waals surface area contributed by atoms with Crippen molar-refractivity contribution in [3.8, 4) is 0 Å². The molecule has 0 aliphatic heterocycles. The van der Waals surface area contributed by atoms with Gasteiger partial charge in [0.05, 0.1) is 0 Å². The Morgan fingerprint density at radius 3 is 2.07 bits per heavy atom. The number of amides is 2. The molecule has 2 rings (SSSR count). The lowest BCUT2D eigenvalue weighted by atomic mass is 9.86. The number of hydrogen-bond donors (Lipinski definition) is 1. The normalized spacial score (nSPS) is 12.3. The van der Waals surface area contributed by atoms with Crippen molar-refractivity contribution in [3.05, 3.63) is 71.0 Å². The lowest BCUT2D eigenvalue weighted by Crippen LogP contribution is -2.48. The molecule has 30 heavy (non-hydrogen) atoms. The highest BCUT2D eigenvalue weighted by Gasteiger charge is 2.27. The van der Waals surface area contributed by atoms with Crippen LogP contribution in [0.25, 0.3) is 0 Å². The van der Waals surface area contributed by atoms with Crippen molar-refractivity contribution in [2.24, 2.45) is 0 Å². The molecular weight excluding hydrogens is 379 g/mol. The maximum Gasteiger partial charge on any atom is 0.242 e. The van der Waals surface area contributed by atoms with E-state index in [4.69, 9.17) is 0 Å². The Labute approximate surface area is 179 Å². The molecule has 2 amide bonds. The van der Waals surface area contributed by atoms with Gasteiger partial charge in [-0.25, -0.2) is 4.39 Å². The zero-order chi connectivity index (χ0) is 22.3. The number of benzene rings is 2. The monoisotopic (exact) mass is 412 g/mol. The van der Waals surface area contributed by atoms with Crippen LogP contribution in [0.15, 0.2) is 48.5 Å². The van der Waals surface area contributed by atoms with Crippen LogP contribution in [-0.4, -0.2) is 29.8 Å². The van der Waals surface area contributed by atoms with Gasteiger partial charge in [0.2, 0.25) is 11.8 Å². The Bertz CT molecular complexity index is 839. The number of carbonyl (C=O) groups is 2. The van der Waals surface area contributed by atoms with E-state index >= 15 is 0 Å². The number of halogens is 1. The van der Waals surface area contributed by atoms with Gasteiger partial charge >= 0.3 is 0 Å². The van der Waals surface area contributed by atoms with Gasteiger partial charge in [0.1, 0.15) is 11.9 Å². The van der Waals surface area contributed by atoms with Gasteiger partial charge in [-0.15, -0.1) is 0 Å². The number of likely N-dealkylation sites (N-methyl/N-ethyl adjacent to an activating group) is 1. The Hall–Kier alpha value is -2.69. The molecular formula is C25H33FN2O2. The van der Waals surface area contributed by atoms with Crippen molar-refractivity contribution < 1.29 is 14.0 Å². The van der Waals surface area contributed by atoms with Crippen molar-refractivity contribution in [1.29, 1.82) is 0 Å². The first-order valence-corrected chi connectivity index (χ1v) is 10.5. The third kappa shape index (κ3) is 6.41. The second-order valence-corrected chi connectivity index (χ2v) is 8.63. The van der Waals surface area contributed by atoms with Gasteiger partial charge in [0, 0.05) is 20.0 Å². The molecule has 0 aromatic heterocycles. The molecule has 0 saturated heterocycles. The second-order valence-electron chi connectivity index (χ2n) is 8.63. The first-order valence-electron chi connectivity index (χ1n) is 10.5. The zero-order valence-corrected chi connectivity index (χ0v) is 18.7. The molecule has 0 bridgehead atoms. The summed E-state index contributed by atoms with van der Waals surface area (Å²) in [7, 11) is 1.57. The van der Waals surface area contributed by atoms with Gasteiger partial charge < -0.3 is 10.2 Å². The summed E-state index contributed by atoms with van der Waals surface area (Å²) in [6.07, 6.45) is 1.42. The summed E-state index contributed by atoms with van der Waals surface area (Å²) in [6.45, 7) is 8.66. The largest absolute Gasteiger partial charge is 0.357 e. The van der Waals surface area contributed by atoms with Crippen molar-refractivity contribution >= 4 is 11.8 Å². The maximum absolute atomic E-state index is 13.3. The summed E-state index contributed by atoms with van der Waals surface area (Å²) < 4.78 is 13.3. The summed E-state index contributed by atoms with van der Waals surface area (Å²) in [6, 6.07) is 13.8. The molecule has 0 aliphatic carbocycles. The molecule has 0 radical (unpaired) electrons. The van der Waals surface area contributed by atoms with E-state index in [1.807, 2.05) is 6.92 Å². The van der Waals surface area contributed by atoms with Crippen molar-refractivity contribution in [2.75, 3.05) is 7.05 Å². The quantitative estimate of drug-likeness (QED) is 0.688. The molecule has 0 aliphatic rings. The third-order valence-electron chi connectivity index (χ3n) is 5.35. The predicted octanol–water partition coefficient (Wildman–Crippen LogP) is 4.61. The van der Waals surface area contributed by atoms with Crippen LogP contribution in [-0.2, 0) is 28.0 Å². The van der Waals surface area contributed by atoms with Gasteiger partial charge in [-0.1, -0.05) is 64.1 Å². The fourth-order valence-corrected chi connectivity index (χ4v) is 3.44. The molecule has 0 saturated carbocycles. The SMILES string of the molecule is CCC(C(=O)NC)N(Cc1ccc(F)cc1)C(=O)CCc1ccc(C(C)(C)C)cc1. The summed E-state index contributed by atoms with van der Waals surface area (Å²) in [5.74, 6) is -0.606. The van der Waals surface area contributed by atoms with Gasteiger partial charge in [0.15, 0.2) is 0 Å². The van der Waals surface area contributed by atoms with Crippen LogP contribution in [0.1, 0.15) is 57.2 Å². The lowest BCUT2D eigenvalue weighted by Gasteiger charge is -2.30. The molecule has 5 heteroatoms. The Kier molecular flexibility index (Phi) is 8.16. The fourth-order valence-electron chi connectivity index (χ4n) is 3.44. The molecule has 2 aromatic carbocycles. The molecule has 1 atom stereocenters. The highest BCUT2D eigenvalue weighted by atomic mass is 19.1. The van der Waals surface area contributed by atoms with Crippen molar-refractivity contribution in [2.45, 2.75) is 65.0 Å².